The summed E-state index contributed by atoms with van der Waals surface area (Å²) in [5, 5.41) is 0. The maximum atomic E-state index is 13.5. The quantitative estimate of drug-likeness (QED) is 0.913. The molecule has 0 bridgehead atoms. The predicted octanol–water partition coefficient (Wildman–Crippen LogP) is 3.57. The Morgan fingerprint density at radius 3 is 2.27 bits per heavy atom. The molecule has 1 N–H and O–H groups in total. The third-order valence-electron chi connectivity index (χ3n) is 3.32. The van der Waals surface area contributed by atoms with E-state index in [2.05, 4.69) is 4.72 Å². The van der Waals surface area contributed by atoms with Crippen molar-refractivity contribution >= 4 is 10.0 Å². The van der Waals surface area contributed by atoms with Crippen LogP contribution in [0.1, 0.15) is 30.9 Å². The fourth-order valence-electron chi connectivity index (χ4n) is 1.97. The van der Waals surface area contributed by atoms with E-state index in [1.54, 1.807) is 12.1 Å². The van der Waals surface area contributed by atoms with Gasteiger partial charge in [-0.3, -0.25) is 0 Å². The van der Waals surface area contributed by atoms with E-state index in [0.29, 0.717) is 5.92 Å². The molecule has 6 heteroatoms. The van der Waals surface area contributed by atoms with Crippen LogP contribution >= 0.6 is 0 Å². The highest BCUT2D eigenvalue weighted by molar-refractivity contribution is 7.89. The fourth-order valence-corrected chi connectivity index (χ4v) is 2.97. The summed E-state index contributed by atoms with van der Waals surface area (Å²) in [6.07, 6.45) is 0. The lowest BCUT2D eigenvalue weighted by atomic mass is 10.0. The Morgan fingerprint density at radius 2 is 1.68 bits per heavy atom. The molecule has 0 aromatic heterocycles. The highest BCUT2D eigenvalue weighted by Gasteiger charge is 2.15. The molecular formula is C16H17F2NO2S. The van der Waals surface area contributed by atoms with Gasteiger partial charge in [-0.25, -0.2) is 21.9 Å². The Labute approximate surface area is 129 Å². The SMILES string of the molecule is CC(C)c1ccc(S(=O)(=O)NCc2cc(F)ccc2F)cc1. The van der Waals surface area contributed by atoms with Gasteiger partial charge in [-0.2, -0.15) is 0 Å². The summed E-state index contributed by atoms with van der Waals surface area (Å²) in [6.45, 7) is 3.71. The van der Waals surface area contributed by atoms with Crippen LogP contribution in [0.25, 0.3) is 0 Å². The summed E-state index contributed by atoms with van der Waals surface area (Å²) in [4.78, 5) is 0.0914. The summed E-state index contributed by atoms with van der Waals surface area (Å²) in [5.41, 5.74) is 0.984. The number of rotatable bonds is 5. The molecule has 22 heavy (non-hydrogen) atoms. The molecule has 0 fully saturated rings. The van der Waals surface area contributed by atoms with E-state index in [0.717, 1.165) is 23.8 Å². The summed E-state index contributed by atoms with van der Waals surface area (Å²) < 4.78 is 53.1. The van der Waals surface area contributed by atoms with E-state index in [-0.39, 0.29) is 17.0 Å². The molecule has 2 rings (SSSR count). The van der Waals surface area contributed by atoms with Crippen molar-refractivity contribution in [2.45, 2.75) is 31.2 Å². The lowest BCUT2D eigenvalue weighted by Crippen LogP contribution is -2.23. The van der Waals surface area contributed by atoms with Crippen LogP contribution < -0.4 is 4.72 Å². The van der Waals surface area contributed by atoms with Crippen LogP contribution in [0.2, 0.25) is 0 Å². The Morgan fingerprint density at radius 1 is 1.05 bits per heavy atom. The molecule has 2 aromatic rings. The van der Waals surface area contributed by atoms with Crippen molar-refractivity contribution < 1.29 is 17.2 Å². The average molecular weight is 325 g/mol. The van der Waals surface area contributed by atoms with Crippen LogP contribution in [-0.2, 0) is 16.6 Å². The van der Waals surface area contributed by atoms with E-state index >= 15 is 0 Å². The highest BCUT2D eigenvalue weighted by atomic mass is 32.2. The van der Waals surface area contributed by atoms with Gasteiger partial charge in [-0.05, 0) is 41.8 Å². The standard InChI is InChI=1S/C16H17F2NO2S/c1-11(2)12-3-6-15(7-4-12)22(20,21)19-10-13-9-14(17)5-8-16(13)18/h3-9,11,19H,10H2,1-2H3. The zero-order valence-corrected chi connectivity index (χ0v) is 13.1. The molecule has 3 nitrogen and oxygen atoms in total. The minimum atomic E-state index is -3.77. The molecule has 0 unspecified atom stereocenters. The maximum absolute atomic E-state index is 13.5. The normalized spacial score (nSPS) is 11.9. The Kier molecular flexibility index (Phi) is 4.93. The number of hydrogen-bond donors (Lipinski definition) is 1. The lowest BCUT2D eigenvalue weighted by molar-refractivity contribution is 0.567. The van der Waals surface area contributed by atoms with Crippen LogP contribution in [0.4, 0.5) is 8.78 Å². The maximum Gasteiger partial charge on any atom is 0.240 e. The van der Waals surface area contributed by atoms with Gasteiger partial charge in [-0.1, -0.05) is 26.0 Å². The molecule has 0 aliphatic heterocycles. The Balaban J connectivity index is 2.15. The van der Waals surface area contributed by atoms with Crippen molar-refractivity contribution in [3.05, 3.63) is 65.2 Å². The first kappa shape index (κ1) is 16.6. The van der Waals surface area contributed by atoms with Gasteiger partial charge in [0, 0.05) is 12.1 Å². The van der Waals surface area contributed by atoms with E-state index < -0.39 is 21.7 Å². The number of benzene rings is 2. The smallest absolute Gasteiger partial charge is 0.207 e. The van der Waals surface area contributed by atoms with Crippen LogP contribution in [0.15, 0.2) is 47.4 Å². The molecule has 0 spiro atoms. The molecule has 2 aromatic carbocycles. The zero-order chi connectivity index (χ0) is 16.3. The second-order valence-corrected chi connectivity index (χ2v) is 7.05. The first-order valence-electron chi connectivity index (χ1n) is 6.83. The topological polar surface area (TPSA) is 46.2 Å². The molecule has 0 amide bonds. The molecule has 0 radical (unpaired) electrons. The molecule has 0 saturated carbocycles. The average Bonchev–Trinajstić information content (AvgIpc) is 2.48. The van der Waals surface area contributed by atoms with Crippen molar-refractivity contribution in [1.29, 1.82) is 0 Å². The molecule has 0 atom stereocenters. The van der Waals surface area contributed by atoms with Gasteiger partial charge in [0.25, 0.3) is 0 Å². The van der Waals surface area contributed by atoms with Gasteiger partial charge >= 0.3 is 0 Å². The third kappa shape index (κ3) is 3.90. The van der Waals surface area contributed by atoms with Gasteiger partial charge in [-0.15, -0.1) is 0 Å². The highest BCUT2D eigenvalue weighted by Crippen LogP contribution is 2.18. The van der Waals surface area contributed by atoms with E-state index in [1.807, 2.05) is 13.8 Å². The molecule has 0 saturated heterocycles. The lowest BCUT2D eigenvalue weighted by Gasteiger charge is -2.10. The summed E-state index contributed by atoms with van der Waals surface area (Å²) in [7, 11) is -3.77. The predicted molar refractivity (Wildman–Crippen MR) is 80.9 cm³/mol. The zero-order valence-electron chi connectivity index (χ0n) is 12.3. The molecule has 0 aliphatic rings. The molecule has 0 heterocycles. The van der Waals surface area contributed by atoms with Crippen molar-refractivity contribution in [2.24, 2.45) is 0 Å². The first-order valence-corrected chi connectivity index (χ1v) is 8.31. The van der Waals surface area contributed by atoms with Gasteiger partial charge in [0.05, 0.1) is 4.90 Å². The molecular weight excluding hydrogens is 308 g/mol. The number of halogens is 2. The largest absolute Gasteiger partial charge is 0.240 e. The second kappa shape index (κ2) is 6.54. The van der Waals surface area contributed by atoms with Crippen molar-refractivity contribution in [3.63, 3.8) is 0 Å². The second-order valence-electron chi connectivity index (χ2n) is 5.28. The van der Waals surface area contributed by atoms with Crippen molar-refractivity contribution in [1.82, 2.24) is 4.72 Å². The minimum Gasteiger partial charge on any atom is -0.207 e. The van der Waals surface area contributed by atoms with Crippen molar-refractivity contribution in [3.8, 4) is 0 Å². The minimum absolute atomic E-state index is 0.0395. The summed E-state index contributed by atoms with van der Waals surface area (Å²) >= 11 is 0. The molecule has 0 aliphatic carbocycles. The van der Waals surface area contributed by atoms with Gasteiger partial charge in [0.15, 0.2) is 0 Å². The summed E-state index contributed by atoms with van der Waals surface area (Å²) in [6, 6.07) is 9.40. The van der Waals surface area contributed by atoms with Crippen LogP contribution in [-0.4, -0.2) is 8.42 Å². The van der Waals surface area contributed by atoms with Gasteiger partial charge in [0.1, 0.15) is 11.6 Å². The van der Waals surface area contributed by atoms with E-state index in [4.69, 9.17) is 0 Å². The Hall–Kier alpha value is -1.79. The van der Waals surface area contributed by atoms with Crippen LogP contribution in [0, 0.1) is 11.6 Å². The van der Waals surface area contributed by atoms with E-state index in [1.165, 1.54) is 12.1 Å². The number of nitrogens with one attached hydrogen (secondary N) is 1. The third-order valence-corrected chi connectivity index (χ3v) is 4.73. The Bertz CT molecular complexity index is 756. The number of hydrogen-bond acceptors (Lipinski definition) is 2. The first-order chi connectivity index (χ1) is 10.3. The van der Waals surface area contributed by atoms with Gasteiger partial charge < -0.3 is 0 Å². The van der Waals surface area contributed by atoms with E-state index in [9.17, 15) is 17.2 Å². The number of sulfonamides is 1. The monoisotopic (exact) mass is 325 g/mol. The molecule has 118 valence electrons. The van der Waals surface area contributed by atoms with Gasteiger partial charge in [0.2, 0.25) is 10.0 Å². The van der Waals surface area contributed by atoms with Crippen LogP contribution in [0.5, 0.6) is 0 Å². The van der Waals surface area contributed by atoms with Crippen molar-refractivity contribution in [2.75, 3.05) is 0 Å². The van der Waals surface area contributed by atoms with Crippen LogP contribution in [0.3, 0.4) is 0 Å². The fraction of sp³-hybridized carbons (Fsp3) is 0.250. The summed E-state index contributed by atoms with van der Waals surface area (Å²) in [5.74, 6) is -0.970.